The predicted octanol–water partition coefficient (Wildman–Crippen LogP) is 5.09. The van der Waals surface area contributed by atoms with Gasteiger partial charge in [0.05, 0.1) is 6.54 Å². The molecule has 0 fully saturated rings. The lowest BCUT2D eigenvalue weighted by atomic mass is 9.76. The van der Waals surface area contributed by atoms with Gasteiger partial charge in [0.1, 0.15) is 0 Å². The van der Waals surface area contributed by atoms with Crippen LogP contribution in [0.4, 0.5) is 0 Å². The van der Waals surface area contributed by atoms with Gasteiger partial charge in [0, 0.05) is 22.1 Å². The summed E-state index contributed by atoms with van der Waals surface area (Å²) in [6.45, 7) is 4.97. The molecule has 3 nitrogen and oxygen atoms in total. The Bertz CT molecular complexity index is 813. The number of rotatable bonds is 2. The first-order valence-corrected chi connectivity index (χ1v) is 9.35. The molecule has 24 heavy (non-hydrogen) atoms. The summed E-state index contributed by atoms with van der Waals surface area (Å²) in [5, 5.41) is 8.77. The molecule has 2 heterocycles. The molecule has 4 heteroatoms. The van der Waals surface area contributed by atoms with Crippen molar-refractivity contribution < 1.29 is 4.79 Å². The van der Waals surface area contributed by atoms with Crippen molar-refractivity contribution in [2.24, 2.45) is 10.2 Å². The molecular formula is C20H20N2OS. The van der Waals surface area contributed by atoms with Gasteiger partial charge in [-0.1, -0.05) is 56.3 Å². The summed E-state index contributed by atoms with van der Waals surface area (Å²) in [4.78, 5) is 14.3. The van der Waals surface area contributed by atoms with Crippen LogP contribution >= 0.6 is 11.8 Å². The number of Topliss-reactive ketones (excluding diaryl/α,β-unsaturated/α-hetero) is 1. The van der Waals surface area contributed by atoms with Gasteiger partial charge in [0.25, 0.3) is 0 Å². The van der Waals surface area contributed by atoms with E-state index >= 15 is 0 Å². The van der Waals surface area contributed by atoms with Gasteiger partial charge in [0.2, 0.25) is 0 Å². The molecule has 2 aliphatic rings. The SMILES string of the molecule is CC(C)c1ccc([C@@H]2CN=N[C@]23CSc2ccccc2C3=O)cc1. The van der Waals surface area contributed by atoms with Crippen LogP contribution in [0.2, 0.25) is 0 Å². The van der Waals surface area contributed by atoms with Gasteiger partial charge in [-0.3, -0.25) is 4.79 Å². The fraction of sp³-hybridized carbons (Fsp3) is 0.350. The number of hydrogen-bond donors (Lipinski definition) is 0. The highest BCUT2D eigenvalue weighted by molar-refractivity contribution is 7.99. The molecule has 2 aromatic rings. The number of ketones is 1. The molecule has 0 amide bonds. The van der Waals surface area contributed by atoms with Crippen LogP contribution in [0.1, 0.15) is 47.2 Å². The highest BCUT2D eigenvalue weighted by Crippen LogP contribution is 2.47. The molecule has 2 atom stereocenters. The minimum Gasteiger partial charge on any atom is -0.291 e. The van der Waals surface area contributed by atoms with Gasteiger partial charge in [0.15, 0.2) is 11.3 Å². The third-order valence-corrected chi connectivity index (χ3v) is 6.32. The van der Waals surface area contributed by atoms with E-state index in [9.17, 15) is 4.79 Å². The molecule has 0 radical (unpaired) electrons. The van der Waals surface area contributed by atoms with Crippen molar-refractivity contribution in [3.05, 3.63) is 65.2 Å². The molecule has 0 aliphatic carbocycles. The molecule has 4 rings (SSSR count). The first-order valence-electron chi connectivity index (χ1n) is 8.37. The molecule has 0 saturated carbocycles. The smallest absolute Gasteiger partial charge is 0.194 e. The first-order chi connectivity index (χ1) is 11.6. The Morgan fingerprint density at radius 2 is 1.88 bits per heavy atom. The summed E-state index contributed by atoms with van der Waals surface area (Å²) in [6, 6.07) is 16.5. The quantitative estimate of drug-likeness (QED) is 0.767. The van der Waals surface area contributed by atoms with E-state index < -0.39 is 5.54 Å². The molecule has 122 valence electrons. The van der Waals surface area contributed by atoms with Crippen LogP contribution in [0.15, 0.2) is 63.7 Å². The third kappa shape index (κ3) is 2.32. The van der Waals surface area contributed by atoms with Crippen LogP contribution in [-0.2, 0) is 0 Å². The predicted molar refractivity (Wildman–Crippen MR) is 97.2 cm³/mol. The Hall–Kier alpha value is -1.94. The highest BCUT2D eigenvalue weighted by atomic mass is 32.2. The van der Waals surface area contributed by atoms with E-state index in [2.05, 4.69) is 48.3 Å². The number of benzene rings is 2. The molecule has 0 bridgehead atoms. The molecule has 2 aliphatic heterocycles. The number of fused-ring (bicyclic) bond motifs is 1. The normalized spacial score (nSPS) is 25.5. The monoisotopic (exact) mass is 336 g/mol. The number of nitrogens with zero attached hydrogens (tertiary/aromatic N) is 2. The first kappa shape index (κ1) is 15.6. The Kier molecular flexibility index (Phi) is 3.80. The molecule has 0 saturated heterocycles. The second kappa shape index (κ2) is 5.85. The van der Waals surface area contributed by atoms with Crippen molar-refractivity contribution >= 4 is 17.5 Å². The molecular weight excluding hydrogens is 316 g/mol. The summed E-state index contributed by atoms with van der Waals surface area (Å²) in [6.07, 6.45) is 0. The Labute approximate surface area is 146 Å². The molecule has 0 aromatic heterocycles. The van der Waals surface area contributed by atoms with Crippen molar-refractivity contribution in [2.45, 2.75) is 36.1 Å². The maximum absolute atomic E-state index is 13.2. The third-order valence-electron chi connectivity index (χ3n) is 5.07. The minimum atomic E-state index is -0.738. The molecule has 0 unspecified atom stereocenters. The van der Waals surface area contributed by atoms with Crippen LogP contribution < -0.4 is 0 Å². The lowest BCUT2D eigenvalue weighted by Gasteiger charge is -2.34. The van der Waals surface area contributed by atoms with Crippen molar-refractivity contribution in [3.63, 3.8) is 0 Å². The van der Waals surface area contributed by atoms with Gasteiger partial charge in [-0.25, -0.2) is 0 Å². The van der Waals surface area contributed by atoms with Crippen LogP contribution in [0.25, 0.3) is 0 Å². The number of azo groups is 1. The van der Waals surface area contributed by atoms with E-state index in [4.69, 9.17) is 0 Å². The summed E-state index contributed by atoms with van der Waals surface area (Å²) in [5.74, 6) is 1.33. The standard InChI is InChI=1S/C20H20N2OS/c1-13(2)14-7-9-15(10-8-14)17-11-21-22-20(17)12-24-18-6-4-3-5-16(18)19(20)23/h3-10,13,17H,11-12H2,1-2H3/t17-,20+/m0/s1. The molecule has 1 spiro atoms. The van der Waals surface area contributed by atoms with Crippen LogP contribution in [0, 0.1) is 0 Å². The van der Waals surface area contributed by atoms with Crippen molar-refractivity contribution in [1.29, 1.82) is 0 Å². The van der Waals surface area contributed by atoms with Crippen molar-refractivity contribution in [2.75, 3.05) is 12.3 Å². The Balaban J connectivity index is 1.72. The van der Waals surface area contributed by atoms with E-state index in [1.165, 1.54) is 5.56 Å². The maximum Gasteiger partial charge on any atom is 0.194 e. The summed E-state index contributed by atoms with van der Waals surface area (Å²) in [7, 11) is 0. The van der Waals surface area contributed by atoms with Gasteiger partial charge < -0.3 is 0 Å². The minimum absolute atomic E-state index is 0.0343. The summed E-state index contributed by atoms with van der Waals surface area (Å²) >= 11 is 1.72. The summed E-state index contributed by atoms with van der Waals surface area (Å²) in [5.41, 5.74) is 2.53. The van der Waals surface area contributed by atoms with Crippen LogP contribution in [-0.4, -0.2) is 23.6 Å². The zero-order valence-corrected chi connectivity index (χ0v) is 14.7. The fourth-order valence-electron chi connectivity index (χ4n) is 3.56. The van der Waals surface area contributed by atoms with Crippen molar-refractivity contribution in [3.8, 4) is 0 Å². The molecule has 0 N–H and O–H groups in total. The van der Waals surface area contributed by atoms with Crippen molar-refractivity contribution in [1.82, 2.24) is 0 Å². The lowest BCUT2D eigenvalue weighted by Crippen LogP contribution is -2.46. The van der Waals surface area contributed by atoms with E-state index in [0.29, 0.717) is 18.2 Å². The fourth-order valence-corrected chi connectivity index (χ4v) is 4.82. The zero-order chi connectivity index (χ0) is 16.7. The summed E-state index contributed by atoms with van der Waals surface area (Å²) < 4.78 is 0. The molecule has 2 aromatic carbocycles. The number of thioether (sulfide) groups is 1. The van der Waals surface area contributed by atoms with Gasteiger partial charge >= 0.3 is 0 Å². The Morgan fingerprint density at radius 3 is 2.62 bits per heavy atom. The second-order valence-electron chi connectivity index (χ2n) is 6.84. The number of hydrogen-bond acceptors (Lipinski definition) is 4. The lowest BCUT2D eigenvalue weighted by molar-refractivity contribution is 0.0888. The van der Waals surface area contributed by atoms with Gasteiger partial charge in [-0.2, -0.15) is 10.2 Å². The zero-order valence-electron chi connectivity index (χ0n) is 13.9. The average Bonchev–Trinajstić information content (AvgIpc) is 3.03. The van der Waals surface area contributed by atoms with Crippen LogP contribution in [0.3, 0.4) is 0 Å². The van der Waals surface area contributed by atoms with E-state index in [0.717, 1.165) is 16.0 Å². The number of carbonyl (C=O) groups excluding carboxylic acids is 1. The van der Waals surface area contributed by atoms with Gasteiger partial charge in [-0.05, 0) is 23.1 Å². The largest absolute Gasteiger partial charge is 0.291 e. The second-order valence-corrected chi connectivity index (χ2v) is 7.85. The van der Waals surface area contributed by atoms with Crippen LogP contribution in [0.5, 0.6) is 0 Å². The van der Waals surface area contributed by atoms with Gasteiger partial charge in [-0.15, -0.1) is 11.8 Å². The maximum atomic E-state index is 13.2. The topological polar surface area (TPSA) is 41.8 Å². The van der Waals surface area contributed by atoms with E-state index in [1.54, 1.807) is 11.8 Å². The number of carbonyl (C=O) groups is 1. The highest BCUT2D eigenvalue weighted by Gasteiger charge is 2.52. The average molecular weight is 336 g/mol. The Morgan fingerprint density at radius 1 is 1.12 bits per heavy atom. The van der Waals surface area contributed by atoms with E-state index in [-0.39, 0.29) is 11.7 Å². The van der Waals surface area contributed by atoms with E-state index in [1.807, 2.05) is 24.3 Å².